The average Bonchev–Trinajstić information content (AvgIpc) is 2.38. The molecule has 2 rings (SSSR count). The van der Waals surface area contributed by atoms with E-state index in [9.17, 15) is 9.18 Å². The molecular weight excluding hydrogens is 281 g/mol. The summed E-state index contributed by atoms with van der Waals surface area (Å²) in [5.74, 6) is -1.18. The van der Waals surface area contributed by atoms with E-state index >= 15 is 0 Å². The summed E-state index contributed by atoms with van der Waals surface area (Å²) in [6.45, 7) is 0. The van der Waals surface area contributed by atoms with E-state index in [-0.39, 0.29) is 5.69 Å². The Hall–Kier alpha value is -2.14. The van der Waals surface area contributed by atoms with Crippen LogP contribution in [0, 0.1) is 5.95 Å². The number of rotatable bonds is 3. The lowest BCUT2D eigenvalue weighted by Crippen LogP contribution is -2.14. The molecule has 0 aliphatic rings. The van der Waals surface area contributed by atoms with E-state index in [2.05, 4.69) is 10.3 Å². The van der Waals surface area contributed by atoms with Crippen LogP contribution >= 0.6 is 11.6 Å². The molecule has 1 amide bonds. The van der Waals surface area contributed by atoms with Crippen LogP contribution < -0.4 is 10.2 Å². The second-order valence-corrected chi connectivity index (χ2v) is 4.77. The molecule has 104 valence electrons. The van der Waals surface area contributed by atoms with E-state index in [1.54, 1.807) is 18.2 Å². The first-order valence-electron chi connectivity index (χ1n) is 5.88. The highest BCUT2D eigenvalue weighted by atomic mass is 35.5. The summed E-state index contributed by atoms with van der Waals surface area (Å²) in [6, 6.07) is 9.19. The molecular formula is C14H13ClFN3O. The van der Waals surface area contributed by atoms with Crippen LogP contribution in [0.2, 0.25) is 5.02 Å². The van der Waals surface area contributed by atoms with E-state index < -0.39 is 11.9 Å². The second-order valence-electron chi connectivity index (χ2n) is 4.36. The highest BCUT2D eigenvalue weighted by molar-refractivity contribution is 6.33. The maximum atomic E-state index is 13.0. The topological polar surface area (TPSA) is 45.2 Å². The monoisotopic (exact) mass is 293 g/mol. The largest absolute Gasteiger partial charge is 0.376 e. The van der Waals surface area contributed by atoms with E-state index in [4.69, 9.17) is 11.6 Å². The number of nitrogens with zero attached hydrogens (tertiary/aromatic N) is 2. The van der Waals surface area contributed by atoms with Gasteiger partial charge in [-0.05, 0) is 30.3 Å². The SMILES string of the molecule is CN(C)c1ccc(NC(=O)c2cccc(F)n2)cc1Cl. The van der Waals surface area contributed by atoms with Crippen LogP contribution in [0.3, 0.4) is 0 Å². The molecule has 0 bridgehead atoms. The van der Waals surface area contributed by atoms with Crippen LogP contribution in [-0.4, -0.2) is 25.0 Å². The summed E-state index contributed by atoms with van der Waals surface area (Å²) in [6.07, 6.45) is 0. The minimum Gasteiger partial charge on any atom is -0.376 e. The summed E-state index contributed by atoms with van der Waals surface area (Å²) < 4.78 is 13.0. The molecule has 2 aromatic rings. The van der Waals surface area contributed by atoms with Gasteiger partial charge < -0.3 is 10.2 Å². The maximum Gasteiger partial charge on any atom is 0.274 e. The number of carbonyl (C=O) groups is 1. The summed E-state index contributed by atoms with van der Waals surface area (Å²) in [5, 5.41) is 3.14. The average molecular weight is 294 g/mol. The first-order valence-corrected chi connectivity index (χ1v) is 6.26. The lowest BCUT2D eigenvalue weighted by atomic mass is 10.2. The van der Waals surface area contributed by atoms with E-state index in [0.29, 0.717) is 10.7 Å². The third-order valence-electron chi connectivity index (χ3n) is 2.64. The van der Waals surface area contributed by atoms with Crippen molar-refractivity contribution in [3.8, 4) is 0 Å². The number of anilines is 2. The van der Waals surface area contributed by atoms with Gasteiger partial charge in [0, 0.05) is 19.8 Å². The van der Waals surface area contributed by atoms with E-state index in [1.165, 1.54) is 18.2 Å². The van der Waals surface area contributed by atoms with Gasteiger partial charge in [-0.15, -0.1) is 0 Å². The quantitative estimate of drug-likeness (QED) is 0.884. The fourth-order valence-corrected chi connectivity index (χ4v) is 2.03. The van der Waals surface area contributed by atoms with Crippen molar-refractivity contribution in [1.29, 1.82) is 0 Å². The lowest BCUT2D eigenvalue weighted by Gasteiger charge is -2.15. The molecule has 0 aliphatic carbocycles. The van der Waals surface area contributed by atoms with Gasteiger partial charge in [-0.1, -0.05) is 17.7 Å². The van der Waals surface area contributed by atoms with Crippen molar-refractivity contribution in [3.63, 3.8) is 0 Å². The molecule has 0 saturated carbocycles. The third kappa shape index (κ3) is 3.24. The maximum absolute atomic E-state index is 13.0. The zero-order valence-corrected chi connectivity index (χ0v) is 11.8. The number of hydrogen-bond acceptors (Lipinski definition) is 3. The molecule has 0 aliphatic heterocycles. The van der Waals surface area contributed by atoms with Crippen molar-refractivity contribution >= 4 is 28.9 Å². The molecule has 0 unspecified atom stereocenters. The van der Waals surface area contributed by atoms with Crippen molar-refractivity contribution < 1.29 is 9.18 Å². The molecule has 4 nitrogen and oxygen atoms in total. The van der Waals surface area contributed by atoms with Gasteiger partial charge in [-0.3, -0.25) is 4.79 Å². The number of pyridine rings is 1. The van der Waals surface area contributed by atoms with Crippen molar-refractivity contribution in [1.82, 2.24) is 4.98 Å². The molecule has 20 heavy (non-hydrogen) atoms. The first kappa shape index (κ1) is 14.3. The van der Waals surface area contributed by atoms with Crippen molar-refractivity contribution in [2.24, 2.45) is 0 Å². The van der Waals surface area contributed by atoms with Crippen LogP contribution in [0.5, 0.6) is 0 Å². The van der Waals surface area contributed by atoms with Gasteiger partial charge in [0.1, 0.15) is 5.69 Å². The van der Waals surface area contributed by atoms with Gasteiger partial charge >= 0.3 is 0 Å². The third-order valence-corrected chi connectivity index (χ3v) is 2.94. The first-order chi connectivity index (χ1) is 9.47. The summed E-state index contributed by atoms with van der Waals surface area (Å²) in [4.78, 5) is 17.3. The number of hydrogen-bond donors (Lipinski definition) is 1. The molecule has 0 spiro atoms. The van der Waals surface area contributed by atoms with E-state index in [1.807, 2.05) is 19.0 Å². The Morgan fingerprint density at radius 2 is 2.05 bits per heavy atom. The fourth-order valence-electron chi connectivity index (χ4n) is 1.68. The summed E-state index contributed by atoms with van der Waals surface area (Å²) in [5.41, 5.74) is 1.38. The predicted molar refractivity (Wildman–Crippen MR) is 77.9 cm³/mol. The standard InChI is InChI=1S/C14H13ClFN3O/c1-19(2)12-7-6-9(8-10(12)15)17-14(20)11-4-3-5-13(16)18-11/h3-8H,1-2H3,(H,17,20). The molecule has 0 radical (unpaired) electrons. The van der Waals surface area contributed by atoms with Crippen molar-refractivity contribution in [2.45, 2.75) is 0 Å². The fraction of sp³-hybridized carbons (Fsp3) is 0.143. The Morgan fingerprint density at radius 3 is 2.65 bits per heavy atom. The van der Waals surface area contributed by atoms with Crippen LogP contribution in [-0.2, 0) is 0 Å². The van der Waals surface area contributed by atoms with Gasteiger partial charge in [-0.2, -0.15) is 4.39 Å². The zero-order valence-electron chi connectivity index (χ0n) is 11.0. The van der Waals surface area contributed by atoms with Gasteiger partial charge in [0.2, 0.25) is 5.95 Å². The Labute approximate surface area is 121 Å². The number of carbonyl (C=O) groups excluding carboxylic acids is 1. The number of halogens is 2. The van der Waals surface area contributed by atoms with Gasteiger partial charge in [0.25, 0.3) is 5.91 Å². The second kappa shape index (κ2) is 5.88. The van der Waals surface area contributed by atoms with Crippen molar-refractivity contribution in [3.05, 3.63) is 53.1 Å². The number of aromatic nitrogens is 1. The van der Waals surface area contributed by atoms with Crippen molar-refractivity contribution in [2.75, 3.05) is 24.3 Å². The van der Waals surface area contributed by atoms with E-state index in [0.717, 1.165) is 5.69 Å². The van der Waals surface area contributed by atoms with Crippen LogP contribution in [0.25, 0.3) is 0 Å². The Kier molecular flexibility index (Phi) is 4.20. The molecule has 6 heteroatoms. The Morgan fingerprint density at radius 1 is 1.30 bits per heavy atom. The Balaban J connectivity index is 2.18. The molecule has 0 atom stereocenters. The smallest absolute Gasteiger partial charge is 0.274 e. The van der Waals surface area contributed by atoms with Crippen LogP contribution in [0.15, 0.2) is 36.4 Å². The molecule has 1 N–H and O–H groups in total. The lowest BCUT2D eigenvalue weighted by molar-refractivity contribution is 0.102. The number of nitrogens with one attached hydrogen (secondary N) is 1. The van der Waals surface area contributed by atoms with Gasteiger partial charge in [-0.25, -0.2) is 4.98 Å². The predicted octanol–water partition coefficient (Wildman–Crippen LogP) is 3.19. The number of benzene rings is 1. The molecule has 1 aromatic carbocycles. The molecule has 0 saturated heterocycles. The minimum absolute atomic E-state index is 0.0119. The highest BCUT2D eigenvalue weighted by Gasteiger charge is 2.10. The molecule has 1 heterocycles. The van der Waals surface area contributed by atoms with Crippen LogP contribution in [0.4, 0.5) is 15.8 Å². The summed E-state index contributed by atoms with van der Waals surface area (Å²) in [7, 11) is 3.74. The Bertz CT molecular complexity index is 646. The normalized spacial score (nSPS) is 10.2. The molecule has 0 fully saturated rings. The molecule has 1 aromatic heterocycles. The minimum atomic E-state index is -0.696. The number of amides is 1. The van der Waals surface area contributed by atoms with Gasteiger partial charge in [0.15, 0.2) is 0 Å². The highest BCUT2D eigenvalue weighted by Crippen LogP contribution is 2.27. The van der Waals surface area contributed by atoms with Crippen LogP contribution in [0.1, 0.15) is 10.5 Å². The van der Waals surface area contributed by atoms with Gasteiger partial charge in [0.05, 0.1) is 10.7 Å². The zero-order chi connectivity index (χ0) is 14.7. The summed E-state index contributed by atoms with van der Waals surface area (Å²) >= 11 is 6.11.